The van der Waals surface area contributed by atoms with Crippen LogP contribution < -0.4 is 0 Å². The number of carbonyl (C=O) groups excluding carboxylic acids is 2. The molecule has 0 amide bonds. The average Bonchev–Trinajstić information content (AvgIpc) is 2.45. The maximum atomic E-state index is 12.3. The Morgan fingerprint density at radius 1 is 1.25 bits per heavy atom. The monoisotopic (exact) mass is 294 g/mol. The second kappa shape index (κ2) is 8.80. The molecular formula is C16H22O3S. The van der Waals surface area contributed by atoms with Crippen molar-refractivity contribution in [2.24, 2.45) is 0 Å². The van der Waals surface area contributed by atoms with Gasteiger partial charge in [-0.1, -0.05) is 18.6 Å². The normalized spacial score (nSPS) is 10.3. The standard InChI is InChI=1S/C16H22O3S/c1-4-10-20-15-9-8-12(2)11-13(15)14(17)6-5-7-16(18)19-3/h8-9,11H,4-7,10H2,1-3H3. The van der Waals surface area contributed by atoms with Gasteiger partial charge < -0.3 is 4.74 Å². The van der Waals surface area contributed by atoms with Crippen LogP contribution in [-0.4, -0.2) is 24.6 Å². The van der Waals surface area contributed by atoms with Crippen LogP contribution in [0.15, 0.2) is 23.1 Å². The molecule has 110 valence electrons. The minimum Gasteiger partial charge on any atom is -0.469 e. The molecule has 1 aromatic carbocycles. The van der Waals surface area contributed by atoms with Gasteiger partial charge in [-0.15, -0.1) is 11.8 Å². The Morgan fingerprint density at radius 2 is 2.00 bits per heavy atom. The number of rotatable bonds is 8. The van der Waals surface area contributed by atoms with E-state index in [-0.39, 0.29) is 11.8 Å². The number of aryl methyl sites for hydroxylation is 1. The Morgan fingerprint density at radius 3 is 2.65 bits per heavy atom. The fourth-order valence-corrected chi connectivity index (χ4v) is 2.75. The van der Waals surface area contributed by atoms with E-state index >= 15 is 0 Å². The molecule has 0 spiro atoms. The van der Waals surface area contributed by atoms with Gasteiger partial charge in [-0.25, -0.2) is 0 Å². The van der Waals surface area contributed by atoms with Crippen LogP contribution in [0.3, 0.4) is 0 Å². The summed E-state index contributed by atoms with van der Waals surface area (Å²) >= 11 is 1.72. The van der Waals surface area contributed by atoms with Crippen LogP contribution in [0.4, 0.5) is 0 Å². The highest BCUT2D eigenvalue weighted by atomic mass is 32.2. The van der Waals surface area contributed by atoms with Gasteiger partial charge in [-0.05, 0) is 37.7 Å². The van der Waals surface area contributed by atoms with Crippen LogP contribution in [0.25, 0.3) is 0 Å². The number of hydrogen-bond donors (Lipinski definition) is 0. The van der Waals surface area contributed by atoms with E-state index in [1.807, 2.05) is 25.1 Å². The Balaban J connectivity index is 2.69. The molecule has 0 radical (unpaired) electrons. The minimum atomic E-state index is -0.261. The fourth-order valence-electron chi connectivity index (χ4n) is 1.83. The smallest absolute Gasteiger partial charge is 0.305 e. The average molecular weight is 294 g/mol. The van der Waals surface area contributed by atoms with Crippen LogP contribution in [-0.2, 0) is 9.53 Å². The first-order chi connectivity index (χ1) is 9.58. The number of benzene rings is 1. The molecule has 0 atom stereocenters. The van der Waals surface area contributed by atoms with Crippen molar-refractivity contribution >= 4 is 23.5 Å². The second-order valence-corrected chi connectivity index (χ2v) is 5.84. The lowest BCUT2D eigenvalue weighted by Crippen LogP contribution is -2.05. The minimum absolute atomic E-state index is 0.108. The summed E-state index contributed by atoms with van der Waals surface area (Å²) in [5.74, 6) is 0.852. The Kier molecular flexibility index (Phi) is 7.37. The first kappa shape index (κ1) is 16.8. The van der Waals surface area contributed by atoms with Gasteiger partial charge in [0.15, 0.2) is 5.78 Å². The molecular weight excluding hydrogens is 272 g/mol. The molecule has 0 aliphatic heterocycles. The second-order valence-electron chi connectivity index (χ2n) is 4.70. The number of carbonyl (C=O) groups is 2. The summed E-state index contributed by atoms with van der Waals surface area (Å²) < 4.78 is 4.58. The van der Waals surface area contributed by atoms with E-state index in [0.717, 1.165) is 28.2 Å². The number of Topliss-reactive ketones (excluding diaryl/α,β-unsaturated/α-hetero) is 1. The lowest BCUT2D eigenvalue weighted by atomic mass is 10.0. The molecule has 3 nitrogen and oxygen atoms in total. The zero-order chi connectivity index (χ0) is 15.0. The molecule has 0 fully saturated rings. The molecule has 20 heavy (non-hydrogen) atoms. The number of ether oxygens (including phenoxy) is 1. The third-order valence-corrected chi connectivity index (χ3v) is 4.19. The van der Waals surface area contributed by atoms with Crippen molar-refractivity contribution in [3.05, 3.63) is 29.3 Å². The van der Waals surface area contributed by atoms with E-state index in [4.69, 9.17) is 0 Å². The summed E-state index contributed by atoms with van der Waals surface area (Å²) in [6.45, 7) is 4.11. The molecule has 0 N–H and O–H groups in total. The van der Waals surface area contributed by atoms with Gasteiger partial charge in [0.1, 0.15) is 0 Å². The predicted molar refractivity (Wildman–Crippen MR) is 82.4 cm³/mol. The highest BCUT2D eigenvalue weighted by Gasteiger charge is 2.13. The summed E-state index contributed by atoms with van der Waals surface area (Å²) in [5.41, 5.74) is 1.87. The number of hydrogen-bond acceptors (Lipinski definition) is 4. The van der Waals surface area contributed by atoms with Crippen molar-refractivity contribution in [1.82, 2.24) is 0 Å². The van der Waals surface area contributed by atoms with Gasteiger partial charge in [0, 0.05) is 23.3 Å². The van der Waals surface area contributed by atoms with Gasteiger partial charge in [0.2, 0.25) is 0 Å². The lowest BCUT2D eigenvalue weighted by molar-refractivity contribution is -0.140. The van der Waals surface area contributed by atoms with E-state index in [2.05, 4.69) is 11.7 Å². The molecule has 0 saturated heterocycles. The van der Waals surface area contributed by atoms with Gasteiger partial charge in [-0.3, -0.25) is 9.59 Å². The van der Waals surface area contributed by atoms with E-state index in [1.54, 1.807) is 11.8 Å². The van der Waals surface area contributed by atoms with Gasteiger partial charge in [0.25, 0.3) is 0 Å². The largest absolute Gasteiger partial charge is 0.469 e. The van der Waals surface area contributed by atoms with Crippen molar-refractivity contribution in [2.75, 3.05) is 12.9 Å². The maximum Gasteiger partial charge on any atom is 0.305 e. The SMILES string of the molecule is CCCSc1ccc(C)cc1C(=O)CCCC(=O)OC. The van der Waals surface area contributed by atoms with Crippen LogP contribution in [0, 0.1) is 6.92 Å². The fraction of sp³-hybridized carbons (Fsp3) is 0.500. The molecule has 0 unspecified atom stereocenters. The third-order valence-electron chi connectivity index (χ3n) is 2.91. The van der Waals surface area contributed by atoms with Crippen LogP contribution in [0.2, 0.25) is 0 Å². The van der Waals surface area contributed by atoms with Crippen molar-refractivity contribution in [1.29, 1.82) is 0 Å². The molecule has 0 saturated carbocycles. The molecule has 0 heterocycles. The van der Waals surface area contributed by atoms with Crippen LogP contribution >= 0.6 is 11.8 Å². The van der Waals surface area contributed by atoms with E-state index in [9.17, 15) is 9.59 Å². The van der Waals surface area contributed by atoms with Gasteiger partial charge in [-0.2, -0.15) is 0 Å². The molecule has 1 aromatic rings. The first-order valence-electron chi connectivity index (χ1n) is 6.92. The lowest BCUT2D eigenvalue weighted by Gasteiger charge is -2.09. The van der Waals surface area contributed by atoms with Crippen LogP contribution in [0.5, 0.6) is 0 Å². The summed E-state index contributed by atoms with van der Waals surface area (Å²) in [5, 5.41) is 0. The Bertz CT molecular complexity index is 469. The topological polar surface area (TPSA) is 43.4 Å². The number of methoxy groups -OCH3 is 1. The summed E-state index contributed by atoms with van der Waals surface area (Å²) in [6, 6.07) is 5.99. The number of ketones is 1. The van der Waals surface area contributed by atoms with Gasteiger partial charge in [0.05, 0.1) is 7.11 Å². The predicted octanol–water partition coefficient (Wildman–Crippen LogP) is 4.02. The Labute approximate surface area is 125 Å². The zero-order valence-corrected chi connectivity index (χ0v) is 13.2. The van der Waals surface area contributed by atoms with E-state index < -0.39 is 0 Å². The highest BCUT2D eigenvalue weighted by Crippen LogP contribution is 2.26. The Hall–Kier alpha value is -1.29. The molecule has 0 aromatic heterocycles. The van der Waals surface area contributed by atoms with Gasteiger partial charge >= 0.3 is 5.97 Å². The van der Waals surface area contributed by atoms with E-state index in [0.29, 0.717) is 19.3 Å². The highest BCUT2D eigenvalue weighted by molar-refractivity contribution is 7.99. The maximum absolute atomic E-state index is 12.3. The van der Waals surface area contributed by atoms with Crippen molar-refractivity contribution in [3.63, 3.8) is 0 Å². The van der Waals surface area contributed by atoms with Crippen molar-refractivity contribution in [2.45, 2.75) is 44.4 Å². The molecule has 0 aliphatic rings. The first-order valence-corrected chi connectivity index (χ1v) is 7.90. The number of esters is 1. The molecule has 0 bridgehead atoms. The van der Waals surface area contributed by atoms with Crippen molar-refractivity contribution < 1.29 is 14.3 Å². The van der Waals surface area contributed by atoms with E-state index in [1.165, 1.54) is 7.11 Å². The number of thioether (sulfide) groups is 1. The van der Waals surface area contributed by atoms with Crippen LogP contribution in [0.1, 0.15) is 48.5 Å². The molecule has 4 heteroatoms. The summed E-state index contributed by atoms with van der Waals surface area (Å²) in [4.78, 5) is 24.4. The van der Waals surface area contributed by atoms with Crippen molar-refractivity contribution in [3.8, 4) is 0 Å². The quantitative estimate of drug-likeness (QED) is 0.412. The molecule has 1 rings (SSSR count). The summed E-state index contributed by atoms with van der Waals surface area (Å²) in [7, 11) is 1.37. The zero-order valence-electron chi connectivity index (χ0n) is 12.4. The third kappa shape index (κ3) is 5.37. The summed E-state index contributed by atoms with van der Waals surface area (Å²) in [6.07, 6.45) is 2.30. The molecule has 0 aliphatic carbocycles.